The van der Waals surface area contributed by atoms with Crippen LogP contribution in [0.5, 0.6) is 0 Å². The summed E-state index contributed by atoms with van der Waals surface area (Å²) in [6.45, 7) is 16.3. The lowest BCUT2D eigenvalue weighted by molar-refractivity contribution is -0.143. The molecule has 0 aromatic carbocycles. The summed E-state index contributed by atoms with van der Waals surface area (Å²) in [4.78, 5) is 63.6. The predicted octanol–water partition coefficient (Wildman–Crippen LogP) is 5.55. The first-order chi connectivity index (χ1) is 24.5. The Balaban J connectivity index is 1.61. The summed E-state index contributed by atoms with van der Waals surface area (Å²) in [6, 6.07) is 0. The molecule has 5 heterocycles. The Hall–Kier alpha value is -5.38. The van der Waals surface area contributed by atoms with E-state index in [-0.39, 0.29) is 36.6 Å². The number of esters is 2. The minimum Gasteiger partial charge on any atom is -0.468 e. The number of hydrogen-bond acceptors (Lipinski definition) is 7. The number of ether oxygens (including phenoxy) is 2. The van der Waals surface area contributed by atoms with Gasteiger partial charge in [-0.2, -0.15) is 0 Å². The fraction of sp³-hybridized carbons (Fsp3) is 0.366. The van der Waals surface area contributed by atoms with E-state index in [1.807, 2.05) is 52.0 Å². The van der Waals surface area contributed by atoms with E-state index in [0.717, 1.165) is 57.4 Å². The Morgan fingerprint density at radius 2 is 1.71 bits per heavy atom. The van der Waals surface area contributed by atoms with E-state index in [2.05, 4.69) is 40.7 Å². The Labute approximate surface area is 297 Å². The number of carbonyl (C=O) groups excluding carboxylic acids is 4. The summed E-state index contributed by atoms with van der Waals surface area (Å²) < 4.78 is 10.8. The van der Waals surface area contributed by atoms with Crippen molar-refractivity contribution >= 4 is 53.9 Å². The molecule has 2 aliphatic heterocycles. The number of hydrogen-bond donors (Lipinski definition) is 4. The van der Waals surface area contributed by atoms with Crippen molar-refractivity contribution in [2.75, 3.05) is 13.7 Å². The number of carbonyl (C=O) groups is 4. The Morgan fingerprint density at radius 3 is 2.37 bits per heavy atom. The number of allylic oxidation sites excluding steroid dienone is 3. The zero-order valence-electron chi connectivity index (χ0n) is 30.4. The minimum absolute atomic E-state index is 0.126. The van der Waals surface area contributed by atoms with Gasteiger partial charge in [-0.15, -0.1) is 0 Å². The van der Waals surface area contributed by atoms with Gasteiger partial charge in [-0.3, -0.25) is 19.2 Å². The Morgan fingerprint density at radius 1 is 0.980 bits per heavy atom. The highest BCUT2D eigenvalue weighted by atomic mass is 16.5. The summed E-state index contributed by atoms with van der Waals surface area (Å²) in [5, 5.41) is 5.02. The minimum atomic E-state index is -1.18. The van der Waals surface area contributed by atoms with Crippen LogP contribution in [0.4, 0.5) is 0 Å². The maximum Gasteiger partial charge on any atom is 0.321 e. The van der Waals surface area contributed by atoms with Gasteiger partial charge in [0.15, 0.2) is 12.1 Å². The lowest BCUT2D eigenvalue weighted by atomic mass is 9.85. The molecule has 1 saturated heterocycles. The highest BCUT2D eigenvalue weighted by molar-refractivity contribution is 6.24. The molecule has 0 radical (unpaired) electrons. The van der Waals surface area contributed by atoms with E-state index in [4.69, 9.17) is 9.47 Å². The van der Waals surface area contributed by atoms with Crippen LogP contribution in [0.3, 0.4) is 0 Å². The van der Waals surface area contributed by atoms with Crippen LogP contribution in [0, 0.1) is 31.6 Å². The first kappa shape index (κ1) is 35.4. The Bertz CT molecular complexity index is 2200. The summed E-state index contributed by atoms with van der Waals surface area (Å²) in [7, 11) is 1.28. The summed E-state index contributed by atoms with van der Waals surface area (Å²) in [5.74, 6) is -2.87. The standard InChI is InChI=1S/C41H46N4O6/c1-9-20(4)14-15-51-34(47)13-12-26-22(6)29-16-28-21(5)24(10-2)31(42-28)18-33-27(19-46)25(11-3)32(43-33)17-30-23(7)35-39(45-30)36(38(26)44-29)37(40(35)48)41(49)50-8/h10,14,16-19,22,26,37,42-45H,2,9,11-13,15H2,1,3-8H3/b20-14+,29-16-,32-17-,33-18-,38-36-/t22-,26-,37+/m0/s1. The van der Waals surface area contributed by atoms with Crippen LogP contribution in [-0.4, -0.2) is 52.7 Å². The van der Waals surface area contributed by atoms with Gasteiger partial charge in [-0.05, 0) is 81.0 Å². The fourth-order valence-corrected chi connectivity index (χ4v) is 7.71. The van der Waals surface area contributed by atoms with Gasteiger partial charge >= 0.3 is 11.9 Å². The summed E-state index contributed by atoms with van der Waals surface area (Å²) in [6.07, 6.45) is 12.5. The second kappa shape index (κ2) is 14.1. The van der Waals surface area contributed by atoms with Gasteiger partial charge in [0.05, 0.1) is 18.2 Å². The van der Waals surface area contributed by atoms with Gasteiger partial charge in [0.2, 0.25) is 0 Å². The average molecular weight is 691 g/mol. The molecule has 10 heteroatoms. The first-order valence-corrected chi connectivity index (χ1v) is 17.6. The number of fused-ring (bicyclic) bond motifs is 7. The maximum absolute atomic E-state index is 14.2. The van der Waals surface area contributed by atoms with Crippen molar-refractivity contribution in [1.82, 2.24) is 20.3 Å². The van der Waals surface area contributed by atoms with E-state index >= 15 is 0 Å². The average Bonchev–Trinajstić information content (AvgIpc) is 3.87. The zero-order valence-corrected chi connectivity index (χ0v) is 30.4. The third kappa shape index (κ3) is 6.06. The second-order valence-corrected chi connectivity index (χ2v) is 13.6. The summed E-state index contributed by atoms with van der Waals surface area (Å²) in [5.41, 5.74) is 10.5. The molecule has 1 fully saturated rings. The van der Waals surface area contributed by atoms with E-state index in [9.17, 15) is 19.2 Å². The van der Waals surface area contributed by atoms with Crippen molar-refractivity contribution in [2.45, 2.75) is 67.2 Å². The van der Waals surface area contributed by atoms with Crippen LogP contribution in [-0.2, 0) is 25.5 Å². The monoisotopic (exact) mass is 690 g/mol. The molecule has 266 valence electrons. The molecule has 3 aromatic rings. The van der Waals surface area contributed by atoms with Gasteiger partial charge < -0.3 is 29.7 Å². The molecule has 0 unspecified atom stereocenters. The highest BCUT2D eigenvalue weighted by Gasteiger charge is 2.48. The molecule has 3 atom stereocenters. The maximum atomic E-state index is 14.2. The van der Waals surface area contributed by atoms with Crippen molar-refractivity contribution in [3.63, 3.8) is 0 Å². The molecule has 0 saturated carbocycles. The second-order valence-electron chi connectivity index (χ2n) is 13.6. The number of aldehydes is 1. The van der Waals surface area contributed by atoms with Crippen molar-refractivity contribution in [2.24, 2.45) is 17.8 Å². The number of rotatable bonds is 10. The van der Waals surface area contributed by atoms with Gasteiger partial charge in [-0.25, -0.2) is 0 Å². The number of H-pyrrole nitrogens is 3. The van der Waals surface area contributed by atoms with Crippen molar-refractivity contribution < 1.29 is 28.7 Å². The van der Waals surface area contributed by atoms with Gasteiger partial charge in [0.25, 0.3) is 0 Å². The molecule has 8 bridgehead atoms. The molecule has 10 nitrogen and oxygen atoms in total. The van der Waals surface area contributed by atoms with Crippen LogP contribution in [0.2, 0.25) is 0 Å². The SMILES string of the molecule is C=Cc1c2[nH]c(c1C)/C=C1\N/C(=C3\c4[nH]c(c(C)c4C(=O)[C@@H]3C(=O)OC)/C=c3\[nH]/c(c(C=O)c3CC)=C\2)[C@@H](CCC(=O)OC/C=C(\C)CC)[C@@H]1C. The molecule has 0 amide bonds. The van der Waals surface area contributed by atoms with Crippen molar-refractivity contribution in [3.05, 3.63) is 96.5 Å². The van der Waals surface area contributed by atoms with Gasteiger partial charge in [-0.1, -0.05) is 39.0 Å². The number of Topliss-reactive ketones (excluding diaryl/α,β-unsaturated/α-hetero) is 1. The van der Waals surface area contributed by atoms with Crippen molar-refractivity contribution in [3.8, 4) is 0 Å². The molecule has 3 aliphatic rings. The topological polar surface area (TPSA) is 146 Å². The number of aromatic amines is 3. The largest absolute Gasteiger partial charge is 0.468 e. The molecule has 4 N–H and O–H groups in total. The van der Waals surface area contributed by atoms with E-state index in [1.54, 1.807) is 6.08 Å². The molecule has 1 aliphatic carbocycles. The normalized spacial score (nSPS) is 23.0. The lowest BCUT2D eigenvalue weighted by Crippen LogP contribution is -2.25. The fourth-order valence-electron chi connectivity index (χ4n) is 7.71. The molecule has 3 aromatic heterocycles. The molecule has 51 heavy (non-hydrogen) atoms. The van der Waals surface area contributed by atoms with E-state index < -0.39 is 11.9 Å². The number of methoxy groups -OCH3 is 1. The van der Waals surface area contributed by atoms with Gasteiger partial charge in [0.1, 0.15) is 12.5 Å². The highest BCUT2D eigenvalue weighted by Crippen LogP contribution is 2.48. The van der Waals surface area contributed by atoms with Crippen LogP contribution in [0.15, 0.2) is 29.6 Å². The van der Waals surface area contributed by atoms with Crippen molar-refractivity contribution in [1.29, 1.82) is 0 Å². The number of ketones is 1. The smallest absolute Gasteiger partial charge is 0.321 e. The first-order valence-electron chi connectivity index (χ1n) is 17.6. The lowest BCUT2D eigenvalue weighted by Gasteiger charge is -2.19. The number of nitrogens with one attached hydrogen (secondary N) is 4. The Kier molecular flexibility index (Phi) is 9.79. The van der Waals surface area contributed by atoms with Crippen LogP contribution >= 0.6 is 0 Å². The van der Waals surface area contributed by atoms with Gasteiger partial charge in [0, 0.05) is 74.3 Å². The quantitative estimate of drug-likeness (QED) is 0.0945. The number of aromatic nitrogens is 3. The third-order valence-electron chi connectivity index (χ3n) is 10.8. The molecule has 0 spiro atoms. The summed E-state index contributed by atoms with van der Waals surface area (Å²) >= 11 is 0. The predicted molar refractivity (Wildman–Crippen MR) is 198 cm³/mol. The van der Waals surface area contributed by atoms with Crippen LogP contribution in [0.25, 0.3) is 29.9 Å². The van der Waals surface area contributed by atoms with E-state index in [1.165, 1.54) is 7.11 Å². The molecular formula is C41H46N4O6. The van der Waals surface area contributed by atoms with Crippen LogP contribution in [0.1, 0.15) is 113 Å². The molecular weight excluding hydrogens is 644 g/mol. The van der Waals surface area contributed by atoms with E-state index in [0.29, 0.717) is 57.5 Å². The zero-order chi connectivity index (χ0) is 36.7. The third-order valence-corrected chi connectivity index (χ3v) is 10.8. The van der Waals surface area contributed by atoms with Crippen LogP contribution < -0.4 is 16.0 Å². The molecule has 6 rings (SSSR count).